The molecule has 0 saturated heterocycles. The highest BCUT2D eigenvalue weighted by atomic mass is 15.6. The summed E-state index contributed by atoms with van der Waals surface area (Å²) in [6.45, 7) is 4.20. The molecule has 1 aliphatic rings. The van der Waals surface area contributed by atoms with E-state index in [0.29, 0.717) is 0 Å². The number of rotatable bonds is 6. The summed E-state index contributed by atoms with van der Waals surface area (Å²) in [6, 6.07) is 0. The number of nitrogens with zero attached hydrogens (tertiary/aromatic N) is 2. The number of hydrogen-bond donors (Lipinski definition) is 3. The summed E-state index contributed by atoms with van der Waals surface area (Å²) in [7, 11) is 5.85. The van der Waals surface area contributed by atoms with E-state index in [2.05, 4.69) is 32.9 Å². The Morgan fingerprint density at radius 1 is 1.13 bits per heavy atom. The van der Waals surface area contributed by atoms with E-state index < -0.39 is 0 Å². The zero-order valence-corrected chi connectivity index (χ0v) is 10.2. The van der Waals surface area contributed by atoms with Crippen LogP contribution in [0.5, 0.6) is 0 Å². The van der Waals surface area contributed by atoms with Crippen molar-refractivity contribution in [1.82, 2.24) is 26.0 Å². The van der Waals surface area contributed by atoms with Gasteiger partial charge in [0.15, 0.2) is 5.82 Å². The molecule has 0 unspecified atom stereocenters. The maximum Gasteiger partial charge on any atom is 0.159 e. The monoisotopic (exact) mass is 213 g/mol. The van der Waals surface area contributed by atoms with Crippen LogP contribution in [0.4, 0.5) is 0 Å². The molecule has 3 N–H and O–H groups in total. The molecule has 0 bridgehead atoms. The predicted molar refractivity (Wildman–Crippen MR) is 62.5 cm³/mol. The zero-order valence-electron chi connectivity index (χ0n) is 10.2. The zero-order chi connectivity index (χ0) is 11.3. The van der Waals surface area contributed by atoms with Crippen LogP contribution >= 0.6 is 0 Å². The molecular weight excluding hydrogens is 190 g/mol. The fourth-order valence-electron chi connectivity index (χ4n) is 1.83. The Labute approximate surface area is 92.5 Å². The molecule has 0 atom stereocenters. The second-order valence-corrected chi connectivity index (χ2v) is 3.61. The summed E-state index contributed by atoms with van der Waals surface area (Å²) in [5, 5.41) is 8.56. The molecule has 0 spiro atoms. The maximum absolute atomic E-state index is 3.25. The lowest BCUT2D eigenvalue weighted by molar-refractivity contribution is 0.193. The highest BCUT2D eigenvalue weighted by molar-refractivity contribution is 5.13. The highest BCUT2D eigenvalue weighted by Gasteiger charge is 2.26. The molecule has 0 radical (unpaired) electrons. The summed E-state index contributed by atoms with van der Waals surface area (Å²) in [5.74, 6) is 2.27. The van der Waals surface area contributed by atoms with Crippen molar-refractivity contribution in [3.8, 4) is 0 Å². The molecule has 0 amide bonds. The standard InChI is InChI=1S/C10H23N5/c1-5-6-7-14-8-15(13-4)10(12-3)9(14)11-2/h11-13H,5-8H2,1-4H3. The molecule has 15 heavy (non-hydrogen) atoms. The average molecular weight is 213 g/mol. The van der Waals surface area contributed by atoms with Crippen molar-refractivity contribution in [2.45, 2.75) is 19.8 Å². The molecule has 1 rings (SSSR count). The first-order valence-corrected chi connectivity index (χ1v) is 5.58. The molecular formula is C10H23N5. The van der Waals surface area contributed by atoms with Gasteiger partial charge < -0.3 is 15.5 Å². The first kappa shape index (κ1) is 12.0. The summed E-state index contributed by atoms with van der Waals surface area (Å²) in [5.41, 5.74) is 3.17. The molecule has 5 heteroatoms. The Kier molecular flexibility index (Phi) is 4.55. The molecule has 0 aliphatic carbocycles. The van der Waals surface area contributed by atoms with Crippen molar-refractivity contribution < 1.29 is 0 Å². The molecule has 1 aliphatic heterocycles. The van der Waals surface area contributed by atoms with Gasteiger partial charge in [-0.2, -0.15) is 0 Å². The number of unbranched alkanes of at least 4 members (excludes halogenated alkanes) is 1. The van der Waals surface area contributed by atoms with Crippen LogP contribution in [0.25, 0.3) is 0 Å². The van der Waals surface area contributed by atoms with E-state index in [9.17, 15) is 0 Å². The molecule has 0 fully saturated rings. The minimum Gasteiger partial charge on any atom is -0.372 e. The number of hydrogen-bond acceptors (Lipinski definition) is 5. The van der Waals surface area contributed by atoms with Gasteiger partial charge in [0, 0.05) is 27.7 Å². The lowest BCUT2D eigenvalue weighted by atomic mass is 10.3. The van der Waals surface area contributed by atoms with Gasteiger partial charge in [0.25, 0.3) is 0 Å². The average Bonchev–Trinajstić information content (AvgIpc) is 2.62. The van der Waals surface area contributed by atoms with Crippen molar-refractivity contribution in [1.29, 1.82) is 0 Å². The fraction of sp³-hybridized carbons (Fsp3) is 0.800. The van der Waals surface area contributed by atoms with E-state index in [4.69, 9.17) is 0 Å². The Bertz CT molecular complexity index is 226. The van der Waals surface area contributed by atoms with Crippen LogP contribution in [0.15, 0.2) is 11.6 Å². The quantitative estimate of drug-likeness (QED) is 0.582. The topological polar surface area (TPSA) is 42.6 Å². The third-order valence-electron chi connectivity index (χ3n) is 2.65. The molecule has 88 valence electrons. The van der Waals surface area contributed by atoms with E-state index in [-0.39, 0.29) is 0 Å². The van der Waals surface area contributed by atoms with E-state index in [1.807, 2.05) is 21.1 Å². The number of nitrogens with one attached hydrogen (secondary N) is 3. The predicted octanol–water partition coefficient (Wildman–Crippen LogP) is 0.0614. The largest absolute Gasteiger partial charge is 0.372 e. The van der Waals surface area contributed by atoms with E-state index >= 15 is 0 Å². The summed E-state index contributed by atoms with van der Waals surface area (Å²) in [6.07, 6.45) is 2.45. The second kappa shape index (κ2) is 5.70. The van der Waals surface area contributed by atoms with Gasteiger partial charge in [-0.1, -0.05) is 13.3 Å². The lowest BCUT2D eigenvalue weighted by Gasteiger charge is -2.22. The van der Waals surface area contributed by atoms with Crippen LogP contribution in [-0.2, 0) is 0 Å². The van der Waals surface area contributed by atoms with Crippen LogP contribution in [0.3, 0.4) is 0 Å². The van der Waals surface area contributed by atoms with Crippen LogP contribution < -0.4 is 16.1 Å². The third kappa shape index (κ3) is 2.47. The minimum atomic E-state index is 0.892. The van der Waals surface area contributed by atoms with Crippen LogP contribution in [0.1, 0.15) is 19.8 Å². The first-order chi connectivity index (χ1) is 7.28. The van der Waals surface area contributed by atoms with Crippen molar-refractivity contribution >= 4 is 0 Å². The van der Waals surface area contributed by atoms with Crippen molar-refractivity contribution in [2.75, 3.05) is 34.4 Å². The van der Waals surface area contributed by atoms with Crippen LogP contribution in [-0.4, -0.2) is 44.3 Å². The SMILES string of the molecule is CCCCN1CN(NC)C(NC)=C1NC. The van der Waals surface area contributed by atoms with Gasteiger partial charge in [0.05, 0.1) is 0 Å². The molecule has 0 saturated carbocycles. The highest BCUT2D eigenvalue weighted by Crippen LogP contribution is 2.17. The summed E-state index contributed by atoms with van der Waals surface area (Å²) >= 11 is 0. The molecule has 0 aromatic carbocycles. The van der Waals surface area contributed by atoms with Gasteiger partial charge in [0.2, 0.25) is 0 Å². The van der Waals surface area contributed by atoms with Gasteiger partial charge in [-0.25, -0.2) is 5.43 Å². The Balaban J connectivity index is 2.71. The van der Waals surface area contributed by atoms with Crippen LogP contribution in [0, 0.1) is 0 Å². The normalized spacial score (nSPS) is 16.3. The van der Waals surface area contributed by atoms with Gasteiger partial charge >= 0.3 is 0 Å². The minimum absolute atomic E-state index is 0.892. The van der Waals surface area contributed by atoms with E-state index in [1.165, 1.54) is 18.7 Å². The van der Waals surface area contributed by atoms with Crippen LogP contribution in [0.2, 0.25) is 0 Å². The van der Waals surface area contributed by atoms with Gasteiger partial charge in [-0.3, -0.25) is 5.01 Å². The van der Waals surface area contributed by atoms with Crippen molar-refractivity contribution in [3.05, 3.63) is 11.6 Å². The van der Waals surface area contributed by atoms with Gasteiger partial charge in [0.1, 0.15) is 12.5 Å². The van der Waals surface area contributed by atoms with E-state index in [0.717, 1.165) is 19.0 Å². The molecule has 5 nitrogen and oxygen atoms in total. The fourth-order valence-corrected chi connectivity index (χ4v) is 1.83. The number of hydrazine groups is 1. The first-order valence-electron chi connectivity index (χ1n) is 5.58. The lowest BCUT2D eigenvalue weighted by Crippen LogP contribution is -2.39. The Morgan fingerprint density at radius 3 is 2.27 bits per heavy atom. The van der Waals surface area contributed by atoms with Gasteiger partial charge in [-0.05, 0) is 6.42 Å². The maximum atomic E-state index is 3.25. The van der Waals surface area contributed by atoms with E-state index in [1.54, 1.807) is 0 Å². The summed E-state index contributed by atoms with van der Waals surface area (Å²) in [4.78, 5) is 2.34. The molecule has 0 aromatic heterocycles. The molecule has 1 heterocycles. The van der Waals surface area contributed by atoms with Crippen molar-refractivity contribution in [2.24, 2.45) is 0 Å². The smallest absolute Gasteiger partial charge is 0.159 e. The Morgan fingerprint density at radius 2 is 1.80 bits per heavy atom. The van der Waals surface area contributed by atoms with Gasteiger partial charge in [-0.15, -0.1) is 0 Å². The van der Waals surface area contributed by atoms with Crippen molar-refractivity contribution in [3.63, 3.8) is 0 Å². The third-order valence-corrected chi connectivity index (χ3v) is 2.65. The summed E-state index contributed by atoms with van der Waals surface area (Å²) < 4.78 is 0. The molecule has 0 aromatic rings. The second-order valence-electron chi connectivity index (χ2n) is 3.61. The Hall–Kier alpha value is -1.10.